The molecule has 0 aliphatic carbocycles. The molecule has 0 aliphatic rings. The summed E-state index contributed by atoms with van der Waals surface area (Å²) in [5.41, 5.74) is 1.02. The zero-order valence-corrected chi connectivity index (χ0v) is 10.2. The van der Waals surface area contributed by atoms with Gasteiger partial charge < -0.3 is 10.4 Å². The van der Waals surface area contributed by atoms with Crippen LogP contribution in [0, 0.1) is 5.92 Å². The highest BCUT2D eigenvalue weighted by atomic mass is 16.3. The van der Waals surface area contributed by atoms with E-state index in [0.29, 0.717) is 13.0 Å². The van der Waals surface area contributed by atoms with Gasteiger partial charge in [-0.3, -0.25) is 9.78 Å². The van der Waals surface area contributed by atoms with Crippen molar-refractivity contribution < 1.29 is 9.90 Å². The summed E-state index contributed by atoms with van der Waals surface area (Å²) in [6, 6.07) is 5.80. The molecule has 0 saturated carbocycles. The molecule has 0 aliphatic heterocycles. The fourth-order valence-corrected chi connectivity index (χ4v) is 1.42. The number of pyridine rings is 1. The minimum Gasteiger partial charge on any atom is -0.396 e. The molecule has 0 radical (unpaired) electrons. The Hall–Kier alpha value is -1.42. The lowest BCUT2D eigenvalue weighted by Crippen LogP contribution is -2.29. The number of hydrogen-bond donors (Lipinski definition) is 2. The number of aryl methyl sites for hydroxylation is 1. The Morgan fingerprint density at radius 1 is 1.53 bits per heavy atom. The molecule has 1 amide bonds. The van der Waals surface area contributed by atoms with Crippen LogP contribution >= 0.6 is 0 Å². The van der Waals surface area contributed by atoms with Crippen LogP contribution in [0.3, 0.4) is 0 Å². The lowest BCUT2D eigenvalue weighted by Gasteiger charge is -2.09. The van der Waals surface area contributed by atoms with Gasteiger partial charge in [0.05, 0.1) is 0 Å². The molecule has 94 valence electrons. The first-order chi connectivity index (χ1) is 8.22. The molecule has 1 heterocycles. The van der Waals surface area contributed by atoms with Gasteiger partial charge in [0.25, 0.3) is 0 Å². The number of nitrogens with zero attached hydrogens (tertiary/aromatic N) is 1. The maximum absolute atomic E-state index is 11.4. The van der Waals surface area contributed by atoms with Crippen LogP contribution in [0.1, 0.15) is 25.5 Å². The number of carbonyl (C=O) groups is 1. The molecule has 4 heteroatoms. The van der Waals surface area contributed by atoms with E-state index in [2.05, 4.69) is 10.3 Å². The van der Waals surface area contributed by atoms with E-state index in [9.17, 15) is 4.79 Å². The maximum Gasteiger partial charge on any atom is 0.220 e. The number of aromatic nitrogens is 1. The Balaban J connectivity index is 2.12. The number of amides is 1. The summed E-state index contributed by atoms with van der Waals surface area (Å²) in [4.78, 5) is 15.6. The van der Waals surface area contributed by atoms with E-state index in [1.54, 1.807) is 6.20 Å². The zero-order chi connectivity index (χ0) is 12.5. The van der Waals surface area contributed by atoms with Crippen molar-refractivity contribution in [3.63, 3.8) is 0 Å². The molecule has 2 N–H and O–H groups in total. The van der Waals surface area contributed by atoms with Gasteiger partial charge in [-0.05, 0) is 30.9 Å². The summed E-state index contributed by atoms with van der Waals surface area (Å²) in [6.45, 7) is 2.54. The van der Waals surface area contributed by atoms with Crippen molar-refractivity contribution in [1.29, 1.82) is 0 Å². The van der Waals surface area contributed by atoms with E-state index < -0.39 is 0 Å². The van der Waals surface area contributed by atoms with E-state index in [0.717, 1.165) is 18.5 Å². The van der Waals surface area contributed by atoms with Crippen LogP contribution in [-0.4, -0.2) is 29.1 Å². The minimum atomic E-state index is 0.0428. The maximum atomic E-state index is 11.4. The monoisotopic (exact) mass is 236 g/mol. The molecule has 1 atom stereocenters. The fraction of sp³-hybridized carbons (Fsp3) is 0.538. The van der Waals surface area contributed by atoms with Crippen LogP contribution in [0.4, 0.5) is 0 Å². The number of aliphatic hydroxyl groups excluding tert-OH is 1. The molecule has 1 unspecified atom stereocenters. The normalized spacial score (nSPS) is 12.1. The lowest BCUT2D eigenvalue weighted by atomic mass is 10.1. The molecule has 4 nitrogen and oxygen atoms in total. The average Bonchev–Trinajstić information content (AvgIpc) is 2.37. The van der Waals surface area contributed by atoms with Gasteiger partial charge in [0.2, 0.25) is 5.91 Å². The fourth-order valence-electron chi connectivity index (χ4n) is 1.42. The summed E-state index contributed by atoms with van der Waals surface area (Å²) in [7, 11) is 0. The van der Waals surface area contributed by atoms with Crippen LogP contribution < -0.4 is 5.32 Å². The van der Waals surface area contributed by atoms with Crippen LogP contribution in [0.2, 0.25) is 0 Å². The van der Waals surface area contributed by atoms with Gasteiger partial charge in [0.1, 0.15) is 0 Å². The molecule has 1 aromatic heterocycles. The summed E-state index contributed by atoms with van der Waals surface area (Å²) in [5.74, 6) is 0.163. The molecule has 0 bridgehead atoms. The second kappa shape index (κ2) is 7.79. The zero-order valence-electron chi connectivity index (χ0n) is 10.2. The number of hydrogen-bond acceptors (Lipinski definition) is 3. The molecule has 17 heavy (non-hydrogen) atoms. The third-order valence-electron chi connectivity index (χ3n) is 2.52. The molecule has 0 saturated heterocycles. The topological polar surface area (TPSA) is 62.2 Å². The molecule has 1 aromatic rings. The Morgan fingerprint density at radius 3 is 3.00 bits per heavy atom. The van der Waals surface area contributed by atoms with Crippen LogP contribution in [0.5, 0.6) is 0 Å². The largest absolute Gasteiger partial charge is 0.396 e. The van der Waals surface area contributed by atoms with Gasteiger partial charge in [-0.2, -0.15) is 0 Å². The summed E-state index contributed by atoms with van der Waals surface area (Å²) in [5, 5.41) is 11.6. The summed E-state index contributed by atoms with van der Waals surface area (Å²) >= 11 is 0. The minimum absolute atomic E-state index is 0.0428. The molecular weight excluding hydrogens is 216 g/mol. The second-order valence-electron chi connectivity index (χ2n) is 4.27. The second-order valence-corrected chi connectivity index (χ2v) is 4.27. The number of carbonyl (C=O) groups excluding carboxylic acids is 1. The van der Waals surface area contributed by atoms with Crippen molar-refractivity contribution in [2.24, 2.45) is 5.92 Å². The smallest absolute Gasteiger partial charge is 0.220 e. The molecule has 0 spiro atoms. The van der Waals surface area contributed by atoms with E-state index in [1.165, 1.54) is 0 Å². The molecule has 1 rings (SSSR count). The lowest BCUT2D eigenvalue weighted by molar-refractivity contribution is -0.121. The third-order valence-corrected chi connectivity index (χ3v) is 2.52. The Morgan fingerprint density at radius 2 is 2.35 bits per heavy atom. The standard InChI is InChI=1S/C13H20N2O2/c1-11(10-16)9-15-13(17)7-4-6-12-5-2-3-8-14-12/h2-3,5,8,11,16H,4,6-7,9-10H2,1H3,(H,15,17). The van der Waals surface area contributed by atoms with Gasteiger partial charge >= 0.3 is 0 Å². The molecular formula is C13H20N2O2. The van der Waals surface area contributed by atoms with Gasteiger partial charge in [-0.15, -0.1) is 0 Å². The Labute approximate surface area is 102 Å². The average molecular weight is 236 g/mol. The van der Waals surface area contributed by atoms with Gasteiger partial charge in [-0.1, -0.05) is 13.0 Å². The van der Waals surface area contributed by atoms with E-state index in [-0.39, 0.29) is 18.4 Å². The van der Waals surface area contributed by atoms with Gasteiger partial charge in [-0.25, -0.2) is 0 Å². The van der Waals surface area contributed by atoms with E-state index in [4.69, 9.17) is 5.11 Å². The summed E-state index contributed by atoms with van der Waals surface area (Å²) in [6.07, 6.45) is 3.90. The van der Waals surface area contributed by atoms with Crippen LogP contribution in [-0.2, 0) is 11.2 Å². The van der Waals surface area contributed by atoms with Crippen molar-refractivity contribution >= 4 is 5.91 Å². The van der Waals surface area contributed by atoms with E-state index in [1.807, 2.05) is 25.1 Å². The van der Waals surface area contributed by atoms with Crippen molar-refractivity contribution in [2.45, 2.75) is 26.2 Å². The number of aliphatic hydroxyl groups is 1. The van der Waals surface area contributed by atoms with Crippen molar-refractivity contribution in [3.8, 4) is 0 Å². The highest BCUT2D eigenvalue weighted by molar-refractivity contribution is 5.75. The molecule has 0 fully saturated rings. The SMILES string of the molecule is CC(CO)CNC(=O)CCCc1ccccn1. The predicted octanol–water partition coefficient (Wildman–Crippen LogP) is 1.15. The quantitative estimate of drug-likeness (QED) is 0.746. The van der Waals surface area contributed by atoms with Crippen LogP contribution in [0.25, 0.3) is 0 Å². The van der Waals surface area contributed by atoms with E-state index >= 15 is 0 Å². The van der Waals surface area contributed by atoms with Crippen molar-refractivity contribution in [2.75, 3.05) is 13.2 Å². The van der Waals surface area contributed by atoms with Crippen molar-refractivity contribution in [3.05, 3.63) is 30.1 Å². The predicted molar refractivity (Wildman–Crippen MR) is 66.4 cm³/mol. The first kappa shape index (κ1) is 13.6. The third kappa shape index (κ3) is 6.02. The van der Waals surface area contributed by atoms with Crippen molar-refractivity contribution in [1.82, 2.24) is 10.3 Å². The van der Waals surface area contributed by atoms with Crippen LogP contribution in [0.15, 0.2) is 24.4 Å². The highest BCUT2D eigenvalue weighted by Crippen LogP contribution is 2.01. The first-order valence-corrected chi connectivity index (χ1v) is 6.00. The highest BCUT2D eigenvalue weighted by Gasteiger charge is 2.04. The van der Waals surface area contributed by atoms with Gasteiger partial charge in [0.15, 0.2) is 0 Å². The molecule has 0 aromatic carbocycles. The van der Waals surface area contributed by atoms with Gasteiger partial charge in [0, 0.05) is 31.5 Å². The number of rotatable bonds is 7. The Kier molecular flexibility index (Phi) is 6.25. The Bertz CT molecular complexity index is 327. The summed E-state index contributed by atoms with van der Waals surface area (Å²) < 4.78 is 0. The number of nitrogens with one attached hydrogen (secondary N) is 1. The first-order valence-electron chi connectivity index (χ1n) is 6.00.